The number of aromatic nitrogens is 2. The van der Waals surface area contributed by atoms with E-state index >= 15 is 0 Å². The highest BCUT2D eigenvalue weighted by Crippen LogP contribution is 2.28. The summed E-state index contributed by atoms with van der Waals surface area (Å²) in [6.07, 6.45) is 1.56. The molecule has 0 fully saturated rings. The third-order valence-corrected chi connectivity index (χ3v) is 4.03. The molecule has 132 valence electrons. The van der Waals surface area contributed by atoms with E-state index in [0.29, 0.717) is 17.1 Å². The van der Waals surface area contributed by atoms with E-state index < -0.39 is 10.8 Å². The van der Waals surface area contributed by atoms with Crippen molar-refractivity contribution in [1.29, 1.82) is 0 Å². The molecule has 1 aromatic heterocycles. The third-order valence-electron chi connectivity index (χ3n) is 3.54. The number of non-ortho nitro benzene ring substituents is 1. The van der Waals surface area contributed by atoms with Gasteiger partial charge >= 0.3 is 0 Å². The van der Waals surface area contributed by atoms with Gasteiger partial charge in [0, 0.05) is 22.8 Å². The van der Waals surface area contributed by atoms with Crippen LogP contribution in [0.25, 0.3) is 5.69 Å². The molecular formula is C17H13BrN4O4. The Morgan fingerprint density at radius 1 is 1.27 bits per heavy atom. The Bertz CT molecular complexity index is 986. The topological polar surface area (TPSA) is 99.3 Å². The van der Waals surface area contributed by atoms with E-state index in [9.17, 15) is 14.9 Å². The maximum atomic E-state index is 12.4. The quantitative estimate of drug-likeness (QED) is 0.503. The molecule has 9 heteroatoms. The summed E-state index contributed by atoms with van der Waals surface area (Å²) in [5.41, 5.74) is 1.09. The smallest absolute Gasteiger partial charge is 0.276 e. The second kappa shape index (κ2) is 7.36. The molecule has 1 heterocycles. The zero-order valence-corrected chi connectivity index (χ0v) is 15.1. The van der Waals surface area contributed by atoms with Crippen LogP contribution in [0.15, 0.2) is 59.2 Å². The molecule has 0 unspecified atom stereocenters. The molecule has 8 nitrogen and oxygen atoms in total. The molecule has 0 aliphatic heterocycles. The Balaban J connectivity index is 1.84. The maximum absolute atomic E-state index is 12.4. The average Bonchev–Trinajstić information content (AvgIpc) is 3.12. The molecule has 0 spiro atoms. The first-order valence-corrected chi connectivity index (χ1v) is 8.22. The molecule has 3 rings (SSSR count). The number of benzene rings is 2. The number of nitrogens with one attached hydrogen (secondary N) is 1. The number of methoxy groups -OCH3 is 1. The van der Waals surface area contributed by atoms with Gasteiger partial charge in [-0.3, -0.25) is 14.9 Å². The van der Waals surface area contributed by atoms with Crippen LogP contribution in [0.3, 0.4) is 0 Å². The van der Waals surface area contributed by atoms with Crippen molar-refractivity contribution in [3.63, 3.8) is 0 Å². The summed E-state index contributed by atoms with van der Waals surface area (Å²) in [7, 11) is 1.51. The number of ether oxygens (including phenoxy) is 1. The Kier molecular flexibility index (Phi) is 4.99. The van der Waals surface area contributed by atoms with Crippen molar-refractivity contribution in [3.8, 4) is 11.4 Å². The molecule has 0 radical (unpaired) electrons. The number of hydrogen-bond acceptors (Lipinski definition) is 5. The van der Waals surface area contributed by atoms with E-state index in [1.54, 1.807) is 36.5 Å². The van der Waals surface area contributed by atoms with Gasteiger partial charge in [-0.05, 0) is 30.3 Å². The molecular weight excluding hydrogens is 404 g/mol. The molecule has 26 heavy (non-hydrogen) atoms. The lowest BCUT2D eigenvalue weighted by molar-refractivity contribution is -0.384. The zero-order valence-electron chi connectivity index (χ0n) is 13.5. The summed E-state index contributed by atoms with van der Waals surface area (Å²) >= 11 is 3.34. The van der Waals surface area contributed by atoms with Crippen LogP contribution < -0.4 is 10.1 Å². The molecule has 0 aliphatic carbocycles. The van der Waals surface area contributed by atoms with Gasteiger partial charge in [-0.25, -0.2) is 4.68 Å². The van der Waals surface area contributed by atoms with Gasteiger partial charge in [0.2, 0.25) is 0 Å². The molecule has 0 aliphatic rings. The molecule has 0 atom stereocenters. The normalized spacial score (nSPS) is 10.4. The fraction of sp³-hybridized carbons (Fsp3) is 0.0588. The number of amides is 1. The van der Waals surface area contributed by atoms with E-state index in [1.807, 2.05) is 0 Å². The number of hydrogen-bond donors (Lipinski definition) is 1. The van der Waals surface area contributed by atoms with Gasteiger partial charge in [-0.15, -0.1) is 0 Å². The van der Waals surface area contributed by atoms with Gasteiger partial charge in [-0.1, -0.05) is 22.0 Å². The minimum Gasteiger partial charge on any atom is -0.495 e. The lowest BCUT2D eigenvalue weighted by Crippen LogP contribution is -2.14. The number of nitrogens with zero attached hydrogens (tertiary/aromatic N) is 3. The van der Waals surface area contributed by atoms with Gasteiger partial charge in [0.1, 0.15) is 5.75 Å². The first-order valence-electron chi connectivity index (χ1n) is 7.43. The van der Waals surface area contributed by atoms with Crippen LogP contribution in [0.4, 0.5) is 11.4 Å². The molecule has 0 saturated carbocycles. The van der Waals surface area contributed by atoms with E-state index in [1.165, 1.54) is 30.0 Å². The van der Waals surface area contributed by atoms with Crippen LogP contribution in [0.2, 0.25) is 0 Å². The Labute approximate surface area is 156 Å². The predicted octanol–water partition coefficient (Wildman–Crippen LogP) is 3.80. The summed E-state index contributed by atoms with van der Waals surface area (Å²) in [4.78, 5) is 22.8. The van der Waals surface area contributed by atoms with E-state index in [0.717, 1.165) is 4.47 Å². The standard InChI is InChI=1S/C17H13BrN4O4/c1-26-16-6-5-11(18)9-15(16)19-17(23)14-7-8-21(20-14)12-3-2-4-13(10-12)22(24)25/h2-10H,1H3,(H,19,23). The van der Waals surface area contributed by atoms with Crippen molar-refractivity contribution in [2.75, 3.05) is 12.4 Å². The lowest BCUT2D eigenvalue weighted by Gasteiger charge is -2.09. The van der Waals surface area contributed by atoms with Crippen molar-refractivity contribution in [2.45, 2.75) is 0 Å². The number of anilines is 1. The van der Waals surface area contributed by atoms with Crippen LogP contribution in [0, 0.1) is 10.1 Å². The van der Waals surface area contributed by atoms with E-state index in [-0.39, 0.29) is 11.4 Å². The number of rotatable bonds is 5. The van der Waals surface area contributed by atoms with Crippen LogP contribution in [0.1, 0.15) is 10.5 Å². The molecule has 2 aromatic carbocycles. The molecule has 1 N–H and O–H groups in total. The second-order valence-electron chi connectivity index (χ2n) is 5.22. The van der Waals surface area contributed by atoms with Crippen molar-refractivity contribution in [3.05, 3.63) is 75.0 Å². The van der Waals surface area contributed by atoms with Gasteiger partial charge in [0.25, 0.3) is 11.6 Å². The monoisotopic (exact) mass is 416 g/mol. The second-order valence-corrected chi connectivity index (χ2v) is 6.14. The number of nitro groups is 1. The number of halogens is 1. The van der Waals surface area contributed by atoms with Gasteiger partial charge in [0.15, 0.2) is 5.69 Å². The van der Waals surface area contributed by atoms with Crippen molar-refractivity contribution < 1.29 is 14.5 Å². The third kappa shape index (κ3) is 3.72. The minimum atomic E-state index is -0.486. The number of carbonyl (C=O) groups excluding carboxylic acids is 1. The summed E-state index contributed by atoms with van der Waals surface area (Å²) < 4.78 is 7.41. The molecule has 0 saturated heterocycles. The Morgan fingerprint density at radius 3 is 2.81 bits per heavy atom. The van der Waals surface area contributed by atoms with Crippen LogP contribution in [-0.4, -0.2) is 27.7 Å². The first-order chi connectivity index (χ1) is 12.5. The largest absolute Gasteiger partial charge is 0.495 e. The van der Waals surface area contributed by atoms with E-state index in [2.05, 4.69) is 26.3 Å². The Hall–Kier alpha value is -3.20. The van der Waals surface area contributed by atoms with Crippen LogP contribution in [-0.2, 0) is 0 Å². The van der Waals surface area contributed by atoms with Gasteiger partial charge < -0.3 is 10.1 Å². The molecule has 1 amide bonds. The maximum Gasteiger partial charge on any atom is 0.276 e. The fourth-order valence-electron chi connectivity index (χ4n) is 2.30. The zero-order chi connectivity index (χ0) is 18.7. The summed E-state index contributed by atoms with van der Waals surface area (Å²) in [5.74, 6) is 0.0882. The summed E-state index contributed by atoms with van der Waals surface area (Å²) in [5, 5.41) is 17.8. The van der Waals surface area contributed by atoms with Gasteiger partial charge in [0.05, 0.1) is 23.4 Å². The van der Waals surface area contributed by atoms with Crippen molar-refractivity contribution >= 4 is 33.2 Å². The highest BCUT2D eigenvalue weighted by atomic mass is 79.9. The Morgan fingerprint density at radius 2 is 2.08 bits per heavy atom. The highest BCUT2D eigenvalue weighted by molar-refractivity contribution is 9.10. The number of carbonyl (C=O) groups is 1. The minimum absolute atomic E-state index is 0.0529. The van der Waals surface area contributed by atoms with Crippen molar-refractivity contribution in [2.24, 2.45) is 0 Å². The van der Waals surface area contributed by atoms with Crippen molar-refractivity contribution in [1.82, 2.24) is 9.78 Å². The van der Waals surface area contributed by atoms with Crippen LogP contribution >= 0.6 is 15.9 Å². The average molecular weight is 417 g/mol. The molecule has 0 bridgehead atoms. The number of nitro benzene ring substituents is 1. The SMILES string of the molecule is COc1ccc(Br)cc1NC(=O)c1ccn(-c2cccc([N+](=O)[O-])c2)n1. The predicted molar refractivity (Wildman–Crippen MR) is 98.9 cm³/mol. The lowest BCUT2D eigenvalue weighted by atomic mass is 10.3. The first kappa shape index (κ1) is 17.6. The summed E-state index contributed by atoms with van der Waals surface area (Å²) in [6.45, 7) is 0. The van der Waals surface area contributed by atoms with E-state index in [4.69, 9.17) is 4.74 Å². The van der Waals surface area contributed by atoms with Crippen LogP contribution in [0.5, 0.6) is 5.75 Å². The fourth-order valence-corrected chi connectivity index (χ4v) is 2.66. The molecule has 3 aromatic rings. The van der Waals surface area contributed by atoms with Gasteiger partial charge in [-0.2, -0.15) is 5.10 Å². The summed E-state index contributed by atoms with van der Waals surface area (Å²) in [6, 6.07) is 12.8. The highest BCUT2D eigenvalue weighted by Gasteiger charge is 2.14.